The van der Waals surface area contributed by atoms with Crippen LogP contribution < -0.4 is 10.6 Å². The Morgan fingerprint density at radius 3 is 2.53 bits per heavy atom. The van der Waals surface area contributed by atoms with Crippen LogP contribution in [0.5, 0.6) is 0 Å². The second-order valence-electron chi connectivity index (χ2n) is 3.19. The Hall–Kier alpha value is -0.820. The molecular formula is C8H15F3N2O2. The van der Waals surface area contributed by atoms with Gasteiger partial charge in [-0.3, -0.25) is 4.79 Å². The van der Waals surface area contributed by atoms with E-state index in [1.807, 2.05) is 0 Å². The lowest BCUT2D eigenvalue weighted by atomic mass is 10.2. The van der Waals surface area contributed by atoms with Crippen LogP contribution in [0.2, 0.25) is 0 Å². The normalized spacial score (nSPS) is 13.7. The first-order valence-electron chi connectivity index (χ1n) is 4.53. The van der Waals surface area contributed by atoms with Crippen molar-refractivity contribution in [1.29, 1.82) is 0 Å². The largest absolute Gasteiger partial charge is 0.405 e. The summed E-state index contributed by atoms with van der Waals surface area (Å²) >= 11 is 0. The quantitative estimate of drug-likeness (QED) is 0.601. The van der Waals surface area contributed by atoms with Crippen LogP contribution in [0.25, 0.3) is 0 Å². The molecular weight excluding hydrogens is 213 g/mol. The zero-order valence-corrected chi connectivity index (χ0v) is 8.40. The highest BCUT2D eigenvalue weighted by atomic mass is 19.4. The third kappa shape index (κ3) is 9.48. The van der Waals surface area contributed by atoms with Gasteiger partial charge in [-0.1, -0.05) is 0 Å². The summed E-state index contributed by atoms with van der Waals surface area (Å²) in [7, 11) is 0. The highest BCUT2D eigenvalue weighted by Crippen LogP contribution is 2.11. The lowest BCUT2D eigenvalue weighted by molar-refractivity contribution is -0.137. The Morgan fingerprint density at radius 1 is 1.47 bits per heavy atom. The maximum Gasteiger partial charge on any atom is 0.405 e. The fraction of sp³-hybridized carbons (Fsp3) is 0.875. The van der Waals surface area contributed by atoms with E-state index in [2.05, 4.69) is 5.32 Å². The Labute approximate surface area is 85.8 Å². The van der Waals surface area contributed by atoms with Crippen molar-refractivity contribution >= 4 is 5.91 Å². The van der Waals surface area contributed by atoms with Crippen LogP contribution in [0.1, 0.15) is 13.3 Å². The maximum absolute atomic E-state index is 11.7. The fourth-order valence-electron chi connectivity index (χ4n) is 0.824. The molecule has 15 heavy (non-hydrogen) atoms. The molecule has 0 saturated carbocycles. The molecule has 0 aliphatic carbocycles. The third-order valence-corrected chi connectivity index (χ3v) is 1.66. The van der Waals surface area contributed by atoms with Gasteiger partial charge >= 0.3 is 6.18 Å². The third-order valence-electron chi connectivity index (χ3n) is 1.66. The van der Waals surface area contributed by atoms with E-state index in [0.29, 0.717) is 6.42 Å². The van der Waals surface area contributed by atoms with Crippen molar-refractivity contribution < 1.29 is 23.1 Å². The Morgan fingerprint density at radius 2 is 2.07 bits per heavy atom. The van der Waals surface area contributed by atoms with Gasteiger partial charge in [-0.15, -0.1) is 0 Å². The van der Waals surface area contributed by atoms with E-state index in [1.54, 1.807) is 12.2 Å². The molecule has 0 radical (unpaired) electrons. The van der Waals surface area contributed by atoms with Gasteiger partial charge in [-0.2, -0.15) is 13.2 Å². The van der Waals surface area contributed by atoms with Gasteiger partial charge < -0.3 is 15.7 Å². The Balaban J connectivity index is 3.58. The van der Waals surface area contributed by atoms with Gasteiger partial charge in [0.15, 0.2) is 0 Å². The molecule has 0 spiro atoms. The second-order valence-corrected chi connectivity index (χ2v) is 3.19. The van der Waals surface area contributed by atoms with Crippen molar-refractivity contribution in [2.45, 2.75) is 25.6 Å². The van der Waals surface area contributed by atoms with Crippen molar-refractivity contribution in [1.82, 2.24) is 10.6 Å². The van der Waals surface area contributed by atoms with Gasteiger partial charge in [0.1, 0.15) is 6.54 Å². The molecule has 0 rings (SSSR count). The number of carbonyl (C=O) groups is 1. The van der Waals surface area contributed by atoms with Crippen LogP contribution in [-0.2, 0) is 4.79 Å². The number of hydrogen-bond donors (Lipinski definition) is 3. The molecule has 0 fully saturated rings. The van der Waals surface area contributed by atoms with Gasteiger partial charge in [0.2, 0.25) is 5.91 Å². The molecule has 4 nitrogen and oxygen atoms in total. The highest BCUT2D eigenvalue weighted by molar-refractivity contribution is 5.78. The van der Waals surface area contributed by atoms with Gasteiger partial charge in [0.05, 0.1) is 6.54 Å². The zero-order valence-electron chi connectivity index (χ0n) is 8.40. The minimum atomic E-state index is -4.38. The van der Waals surface area contributed by atoms with Gasteiger partial charge in [-0.05, 0) is 13.3 Å². The first-order valence-corrected chi connectivity index (χ1v) is 4.53. The summed E-state index contributed by atoms with van der Waals surface area (Å²) in [4.78, 5) is 10.9. The molecule has 0 aromatic rings. The highest BCUT2D eigenvalue weighted by Gasteiger charge is 2.27. The predicted octanol–water partition coefficient (Wildman–Crippen LogP) is 0.0254. The molecule has 0 aromatic heterocycles. The van der Waals surface area contributed by atoms with Crippen molar-refractivity contribution in [3.05, 3.63) is 0 Å². The summed E-state index contributed by atoms with van der Waals surface area (Å²) in [6.45, 7) is 0.199. The van der Waals surface area contributed by atoms with Crippen LogP contribution in [0.4, 0.5) is 13.2 Å². The van der Waals surface area contributed by atoms with Crippen LogP contribution in [0.15, 0.2) is 0 Å². The summed E-state index contributed by atoms with van der Waals surface area (Å²) in [5, 5.41) is 12.9. The first kappa shape index (κ1) is 14.2. The van der Waals surface area contributed by atoms with E-state index >= 15 is 0 Å². The van der Waals surface area contributed by atoms with Crippen LogP contribution in [-0.4, -0.2) is 42.9 Å². The summed E-state index contributed by atoms with van der Waals surface area (Å²) in [5.74, 6) is -0.711. The topological polar surface area (TPSA) is 61.4 Å². The minimum Gasteiger partial charge on any atom is -0.396 e. The molecule has 3 N–H and O–H groups in total. The number of rotatable bonds is 6. The summed E-state index contributed by atoms with van der Waals surface area (Å²) in [6.07, 6.45) is -3.93. The number of amides is 1. The number of hydrogen-bond acceptors (Lipinski definition) is 3. The number of alkyl halides is 3. The molecule has 90 valence electrons. The van der Waals surface area contributed by atoms with Gasteiger partial charge in [0, 0.05) is 12.6 Å². The van der Waals surface area contributed by atoms with E-state index in [-0.39, 0.29) is 19.2 Å². The van der Waals surface area contributed by atoms with E-state index in [9.17, 15) is 18.0 Å². The average molecular weight is 228 g/mol. The SMILES string of the molecule is CC(CCO)NCC(=O)NCC(F)(F)F. The second kappa shape index (κ2) is 6.62. The predicted molar refractivity (Wildman–Crippen MR) is 48.2 cm³/mol. The first-order chi connectivity index (χ1) is 6.85. The van der Waals surface area contributed by atoms with Crippen molar-refractivity contribution in [2.75, 3.05) is 19.7 Å². The molecule has 1 unspecified atom stereocenters. The van der Waals surface area contributed by atoms with E-state index < -0.39 is 18.6 Å². The molecule has 1 atom stereocenters. The molecule has 0 aliphatic rings. The minimum absolute atomic E-state index is 0.0294. The molecule has 0 heterocycles. The van der Waals surface area contributed by atoms with Gasteiger partial charge in [0.25, 0.3) is 0 Å². The van der Waals surface area contributed by atoms with Crippen molar-refractivity contribution in [3.63, 3.8) is 0 Å². The number of halogens is 3. The lowest BCUT2D eigenvalue weighted by Crippen LogP contribution is -2.41. The summed E-state index contributed by atoms with van der Waals surface area (Å²) in [6, 6.07) is -0.105. The molecule has 0 saturated heterocycles. The smallest absolute Gasteiger partial charge is 0.396 e. The Kier molecular flexibility index (Phi) is 6.26. The molecule has 0 bridgehead atoms. The van der Waals surface area contributed by atoms with Gasteiger partial charge in [-0.25, -0.2) is 0 Å². The van der Waals surface area contributed by atoms with Crippen LogP contribution in [0, 0.1) is 0 Å². The summed E-state index contributed by atoms with van der Waals surface area (Å²) < 4.78 is 35.0. The average Bonchev–Trinajstić information content (AvgIpc) is 2.11. The summed E-state index contributed by atoms with van der Waals surface area (Å²) in [5.41, 5.74) is 0. The molecule has 0 aliphatic heterocycles. The number of aliphatic hydroxyl groups is 1. The van der Waals surface area contributed by atoms with Crippen LogP contribution in [0.3, 0.4) is 0 Å². The number of nitrogens with one attached hydrogen (secondary N) is 2. The van der Waals surface area contributed by atoms with Crippen molar-refractivity contribution in [2.24, 2.45) is 0 Å². The number of carbonyl (C=O) groups excluding carboxylic acids is 1. The van der Waals surface area contributed by atoms with Crippen molar-refractivity contribution in [3.8, 4) is 0 Å². The molecule has 0 aromatic carbocycles. The Bertz CT molecular complexity index is 197. The molecule has 1 amide bonds. The standard InChI is InChI=1S/C8H15F3N2O2/c1-6(2-3-14)12-4-7(15)13-5-8(9,10)11/h6,12,14H,2-5H2,1H3,(H,13,15). The van der Waals surface area contributed by atoms with Crippen LogP contribution >= 0.6 is 0 Å². The van der Waals surface area contributed by atoms with E-state index in [4.69, 9.17) is 5.11 Å². The lowest BCUT2D eigenvalue weighted by Gasteiger charge is -2.12. The van der Waals surface area contributed by atoms with E-state index in [0.717, 1.165) is 0 Å². The van der Waals surface area contributed by atoms with E-state index in [1.165, 1.54) is 0 Å². The number of aliphatic hydroxyl groups excluding tert-OH is 1. The zero-order chi connectivity index (χ0) is 11.9. The monoisotopic (exact) mass is 228 g/mol. The maximum atomic E-state index is 11.7. The molecule has 7 heteroatoms. The fourth-order valence-corrected chi connectivity index (χ4v) is 0.824.